The van der Waals surface area contributed by atoms with E-state index in [4.69, 9.17) is 0 Å². The number of amides is 1. The molecule has 0 spiro atoms. The number of rotatable bonds is 4. The van der Waals surface area contributed by atoms with E-state index in [9.17, 15) is 4.79 Å². The standard InChI is InChI=1S/C15H22N2O.ClH/c18-15(16-14-8-4-3-5-9-14)10-13-17-11-6-1-2-7-12-17;/h3-5,8-9H,1-2,6-7,10-13H2,(H,16,18);1H. The highest BCUT2D eigenvalue weighted by molar-refractivity contribution is 5.90. The van der Waals surface area contributed by atoms with E-state index < -0.39 is 0 Å². The van der Waals surface area contributed by atoms with Crippen molar-refractivity contribution in [3.05, 3.63) is 30.3 Å². The van der Waals surface area contributed by atoms with Gasteiger partial charge in [0.05, 0.1) is 0 Å². The van der Waals surface area contributed by atoms with Gasteiger partial charge in [-0.2, -0.15) is 0 Å². The number of anilines is 1. The number of carbonyl (C=O) groups is 1. The molecular weight excluding hydrogens is 260 g/mol. The largest absolute Gasteiger partial charge is 0.326 e. The summed E-state index contributed by atoms with van der Waals surface area (Å²) < 4.78 is 0. The normalized spacial score (nSPS) is 16.2. The minimum atomic E-state index is 0. The molecular formula is C15H23ClN2O. The van der Waals surface area contributed by atoms with Gasteiger partial charge in [-0.25, -0.2) is 0 Å². The third-order valence-electron chi connectivity index (χ3n) is 3.41. The summed E-state index contributed by atoms with van der Waals surface area (Å²) >= 11 is 0. The van der Waals surface area contributed by atoms with Gasteiger partial charge in [-0.05, 0) is 38.1 Å². The highest BCUT2D eigenvalue weighted by Crippen LogP contribution is 2.10. The number of likely N-dealkylation sites (tertiary alicyclic amines) is 1. The number of hydrogen-bond acceptors (Lipinski definition) is 2. The molecule has 0 unspecified atom stereocenters. The first-order valence-electron chi connectivity index (χ1n) is 6.92. The maximum Gasteiger partial charge on any atom is 0.225 e. The molecule has 1 fully saturated rings. The van der Waals surface area contributed by atoms with E-state index in [1.54, 1.807) is 0 Å². The smallest absolute Gasteiger partial charge is 0.225 e. The maximum atomic E-state index is 11.8. The fraction of sp³-hybridized carbons (Fsp3) is 0.533. The molecule has 1 heterocycles. The molecule has 19 heavy (non-hydrogen) atoms. The van der Waals surface area contributed by atoms with E-state index in [2.05, 4.69) is 10.2 Å². The van der Waals surface area contributed by atoms with Crippen LogP contribution >= 0.6 is 12.4 Å². The van der Waals surface area contributed by atoms with Crippen molar-refractivity contribution in [3.8, 4) is 0 Å². The summed E-state index contributed by atoms with van der Waals surface area (Å²) in [5, 5.41) is 2.93. The summed E-state index contributed by atoms with van der Waals surface area (Å²) in [7, 11) is 0. The van der Waals surface area contributed by atoms with E-state index in [0.717, 1.165) is 25.3 Å². The molecule has 0 atom stereocenters. The fourth-order valence-corrected chi connectivity index (χ4v) is 2.36. The second-order valence-electron chi connectivity index (χ2n) is 4.92. The highest BCUT2D eigenvalue weighted by atomic mass is 35.5. The molecule has 1 saturated heterocycles. The van der Waals surface area contributed by atoms with Crippen molar-refractivity contribution in [3.63, 3.8) is 0 Å². The number of nitrogens with zero attached hydrogens (tertiary/aromatic N) is 1. The summed E-state index contributed by atoms with van der Waals surface area (Å²) in [4.78, 5) is 14.2. The summed E-state index contributed by atoms with van der Waals surface area (Å²) in [5.41, 5.74) is 0.887. The zero-order valence-electron chi connectivity index (χ0n) is 11.3. The predicted octanol–water partition coefficient (Wildman–Crippen LogP) is 3.31. The molecule has 1 amide bonds. The average molecular weight is 283 g/mol. The van der Waals surface area contributed by atoms with Crippen LogP contribution in [0.3, 0.4) is 0 Å². The van der Waals surface area contributed by atoms with Crippen LogP contribution in [0.25, 0.3) is 0 Å². The zero-order chi connectivity index (χ0) is 12.6. The Kier molecular flexibility index (Phi) is 7.53. The Morgan fingerprint density at radius 3 is 2.32 bits per heavy atom. The quantitative estimate of drug-likeness (QED) is 0.919. The van der Waals surface area contributed by atoms with Crippen LogP contribution in [-0.2, 0) is 4.79 Å². The van der Waals surface area contributed by atoms with Gasteiger partial charge in [0, 0.05) is 18.7 Å². The molecule has 3 nitrogen and oxygen atoms in total. The van der Waals surface area contributed by atoms with Gasteiger partial charge in [0.15, 0.2) is 0 Å². The number of halogens is 1. The monoisotopic (exact) mass is 282 g/mol. The highest BCUT2D eigenvalue weighted by Gasteiger charge is 2.10. The minimum absolute atomic E-state index is 0. The van der Waals surface area contributed by atoms with E-state index in [1.165, 1.54) is 25.7 Å². The Morgan fingerprint density at radius 2 is 1.68 bits per heavy atom. The Bertz CT molecular complexity index is 362. The van der Waals surface area contributed by atoms with E-state index in [-0.39, 0.29) is 18.3 Å². The van der Waals surface area contributed by atoms with Gasteiger partial charge in [-0.15, -0.1) is 12.4 Å². The SMILES string of the molecule is Cl.O=C(CCN1CCCCCC1)Nc1ccccc1. The Hall–Kier alpha value is -1.06. The van der Waals surface area contributed by atoms with Crippen LogP contribution in [0.4, 0.5) is 5.69 Å². The van der Waals surface area contributed by atoms with Gasteiger partial charge in [0.25, 0.3) is 0 Å². The lowest BCUT2D eigenvalue weighted by atomic mass is 10.2. The number of benzene rings is 1. The molecule has 2 rings (SSSR count). The van der Waals surface area contributed by atoms with Crippen molar-refractivity contribution >= 4 is 24.0 Å². The summed E-state index contributed by atoms with van der Waals surface area (Å²) in [6.45, 7) is 3.19. The third-order valence-corrected chi connectivity index (χ3v) is 3.41. The number of hydrogen-bond donors (Lipinski definition) is 1. The molecule has 1 aromatic carbocycles. The van der Waals surface area contributed by atoms with Crippen LogP contribution in [-0.4, -0.2) is 30.4 Å². The first-order chi connectivity index (χ1) is 8.84. The maximum absolute atomic E-state index is 11.8. The molecule has 106 valence electrons. The number of carbonyl (C=O) groups excluding carboxylic acids is 1. The third kappa shape index (κ3) is 6.08. The van der Waals surface area contributed by atoms with Crippen molar-refractivity contribution in [1.82, 2.24) is 4.90 Å². The van der Waals surface area contributed by atoms with E-state index in [1.807, 2.05) is 30.3 Å². The molecule has 0 saturated carbocycles. The molecule has 4 heteroatoms. The van der Waals surface area contributed by atoms with Crippen LogP contribution in [0.1, 0.15) is 32.1 Å². The first kappa shape index (κ1) is 16.0. The Labute approximate surface area is 121 Å². The van der Waals surface area contributed by atoms with Gasteiger partial charge < -0.3 is 10.2 Å². The van der Waals surface area contributed by atoms with Crippen LogP contribution in [0, 0.1) is 0 Å². The Balaban J connectivity index is 0.00000180. The van der Waals surface area contributed by atoms with Crippen molar-refractivity contribution in [1.29, 1.82) is 0 Å². The predicted molar refractivity (Wildman–Crippen MR) is 81.8 cm³/mol. The van der Waals surface area contributed by atoms with Crippen LogP contribution in [0.5, 0.6) is 0 Å². The van der Waals surface area contributed by atoms with Crippen molar-refractivity contribution in [2.75, 3.05) is 25.0 Å². The van der Waals surface area contributed by atoms with Gasteiger partial charge >= 0.3 is 0 Å². The van der Waals surface area contributed by atoms with Crippen molar-refractivity contribution < 1.29 is 4.79 Å². The summed E-state index contributed by atoms with van der Waals surface area (Å²) in [6.07, 6.45) is 5.83. The van der Waals surface area contributed by atoms with Gasteiger partial charge in [0.2, 0.25) is 5.91 Å². The lowest BCUT2D eigenvalue weighted by Gasteiger charge is -2.19. The average Bonchev–Trinajstić information content (AvgIpc) is 2.66. The summed E-state index contributed by atoms with van der Waals surface area (Å²) in [6, 6.07) is 9.66. The van der Waals surface area contributed by atoms with Gasteiger partial charge in [0.1, 0.15) is 0 Å². The lowest BCUT2D eigenvalue weighted by molar-refractivity contribution is -0.116. The molecule has 1 aromatic rings. The molecule has 0 aromatic heterocycles. The second kappa shape index (κ2) is 8.94. The topological polar surface area (TPSA) is 32.3 Å². The van der Waals surface area contributed by atoms with Crippen LogP contribution in [0.2, 0.25) is 0 Å². The molecule has 0 radical (unpaired) electrons. The van der Waals surface area contributed by atoms with Crippen LogP contribution in [0.15, 0.2) is 30.3 Å². The van der Waals surface area contributed by atoms with Gasteiger partial charge in [-0.3, -0.25) is 4.79 Å². The van der Waals surface area contributed by atoms with E-state index >= 15 is 0 Å². The Morgan fingerprint density at radius 1 is 1.05 bits per heavy atom. The van der Waals surface area contributed by atoms with Crippen molar-refractivity contribution in [2.45, 2.75) is 32.1 Å². The van der Waals surface area contributed by atoms with E-state index in [0.29, 0.717) is 6.42 Å². The minimum Gasteiger partial charge on any atom is -0.326 e. The fourth-order valence-electron chi connectivity index (χ4n) is 2.36. The first-order valence-corrected chi connectivity index (χ1v) is 6.92. The summed E-state index contributed by atoms with van der Waals surface area (Å²) in [5.74, 6) is 0.116. The zero-order valence-corrected chi connectivity index (χ0v) is 12.1. The van der Waals surface area contributed by atoms with Crippen molar-refractivity contribution in [2.24, 2.45) is 0 Å². The number of para-hydroxylation sites is 1. The molecule has 1 N–H and O–H groups in total. The van der Waals surface area contributed by atoms with Crippen LogP contribution < -0.4 is 5.32 Å². The number of nitrogens with one attached hydrogen (secondary N) is 1. The molecule has 0 aliphatic carbocycles. The van der Waals surface area contributed by atoms with Gasteiger partial charge in [-0.1, -0.05) is 31.0 Å². The molecule has 1 aliphatic heterocycles. The molecule has 1 aliphatic rings. The lowest BCUT2D eigenvalue weighted by Crippen LogP contribution is -2.28. The molecule has 0 bridgehead atoms. The second-order valence-corrected chi connectivity index (χ2v) is 4.92.